The second-order valence-corrected chi connectivity index (χ2v) is 9.81. The number of imidazole rings is 1. The van der Waals surface area contributed by atoms with Gasteiger partial charge in [0.15, 0.2) is 11.5 Å². The Morgan fingerprint density at radius 3 is 2.62 bits per heavy atom. The molecule has 1 saturated carbocycles. The molecule has 10 heteroatoms. The van der Waals surface area contributed by atoms with Crippen LogP contribution in [0.5, 0.6) is 0 Å². The van der Waals surface area contributed by atoms with Crippen molar-refractivity contribution in [2.75, 3.05) is 5.32 Å². The van der Waals surface area contributed by atoms with Crippen LogP contribution in [0.2, 0.25) is 0 Å². The summed E-state index contributed by atoms with van der Waals surface area (Å²) in [4.78, 5) is 33.5. The van der Waals surface area contributed by atoms with Crippen LogP contribution in [0.15, 0.2) is 73.2 Å². The zero-order valence-corrected chi connectivity index (χ0v) is 21.5. The monoisotopic (exact) mass is 520 g/mol. The van der Waals surface area contributed by atoms with Gasteiger partial charge >= 0.3 is 0 Å². The van der Waals surface area contributed by atoms with Gasteiger partial charge in [0.2, 0.25) is 5.91 Å². The van der Waals surface area contributed by atoms with Gasteiger partial charge in [0.25, 0.3) is 5.91 Å². The minimum absolute atomic E-state index is 0.0504. The molecule has 4 N–H and O–H groups in total. The molecule has 39 heavy (non-hydrogen) atoms. The first-order valence-corrected chi connectivity index (χ1v) is 12.8. The Morgan fingerprint density at radius 1 is 1.08 bits per heavy atom. The minimum atomic E-state index is -0.389. The number of nitrogens with zero attached hydrogens (tertiary/aromatic N) is 5. The number of nitrogens with one attached hydrogen (secondary N) is 2. The van der Waals surface area contributed by atoms with Crippen molar-refractivity contribution in [1.29, 1.82) is 0 Å². The number of hydrogen-bond acceptors (Lipinski definition) is 6. The van der Waals surface area contributed by atoms with Crippen molar-refractivity contribution in [3.8, 4) is 22.5 Å². The molecule has 0 unspecified atom stereocenters. The van der Waals surface area contributed by atoms with Crippen LogP contribution in [0.3, 0.4) is 0 Å². The number of fused-ring (bicyclic) bond motifs is 1. The molecule has 1 aliphatic rings. The largest absolute Gasteiger partial charge is 0.369 e. The maximum Gasteiger partial charge on any atom is 0.251 e. The molecule has 3 heterocycles. The molecule has 5 aromatic rings. The van der Waals surface area contributed by atoms with Gasteiger partial charge in [-0.3, -0.25) is 18.7 Å². The highest BCUT2D eigenvalue weighted by molar-refractivity contribution is 5.95. The Bertz CT molecular complexity index is 1680. The van der Waals surface area contributed by atoms with Crippen molar-refractivity contribution < 1.29 is 9.59 Å². The first-order chi connectivity index (χ1) is 18.9. The molecule has 196 valence electrons. The van der Waals surface area contributed by atoms with Crippen molar-refractivity contribution in [3.63, 3.8) is 0 Å². The number of carbonyl (C=O) groups excluding carboxylic acids is 2. The summed E-state index contributed by atoms with van der Waals surface area (Å²) in [5.74, 6) is 0.162. The number of amides is 2. The van der Waals surface area contributed by atoms with Crippen molar-refractivity contribution in [2.45, 2.75) is 31.8 Å². The SMILES string of the molecule is Cn1ccc(CNc2nc(-c3cccc(CC(N)=O)c3)cn3c(-c4ccc(C(=O)NC5CC5)cc4)cnc23)n1. The fraction of sp³-hybridized carbons (Fsp3) is 0.207. The molecule has 2 amide bonds. The Labute approximate surface area is 224 Å². The summed E-state index contributed by atoms with van der Waals surface area (Å²) in [6, 6.07) is 17.4. The van der Waals surface area contributed by atoms with E-state index in [9.17, 15) is 9.59 Å². The smallest absolute Gasteiger partial charge is 0.251 e. The Morgan fingerprint density at radius 2 is 1.90 bits per heavy atom. The topological polar surface area (TPSA) is 132 Å². The zero-order chi connectivity index (χ0) is 26.9. The lowest BCUT2D eigenvalue weighted by Gasteiger charge is -2.12. The van der Waals surface area contributed by atoms with Crippen LogP contribution in [0.25, 0.3) is 28.2 Å². The number of hydrogen-bond donors (Lipinski definition) is 3. The second kappa shape index (κ2) is 10.1. The molecule has 3 aromatic heterocycles. The predicted octanol–water partition coefficient (Wildman–Crippen LogP) is 3.33. The number of carbonyl (C=O) groups is 2. The summed E-state index contributed by atoms with van der Waals surface area (Å²) in [6.45, 7) is 0.474. The Balaban J connectivity index is 1.39. The van der Waals surface area contributed by atoms with E-state index in [4.69, 9.17) is 10.7 Å². The van der Waals surface area contributed by atoms with E-state index in [1.54, 1.807) is 10.9 Å². The number of primary amides is 1. The Hall–Kier alpha value is -4.99. The lowest BCUT2D eigenvalue weighted by Crippen LogP contribution is -2.25. The summed E-state index contributed by atoms with van der Waals surface area (Å²) in [5.41, 5.74) is 11.7. The van der Waals surface area contributed by atoms with E-state index in [0.717, 1.165) is 40.9 Å². The van der Waals surface area contributed by atoms with Crippen LogP contribution in [0.1, 0.15) is 34.5 Å². The molecular weight excluding hydrogens is 492 g/mol. The van der Waals surface area contributed by atoms with Gasteiger partial charge in [0.05, 0.1) is 36.2 Å². The van der Waals surface area contributed by atoms with E-state index in [1.165, 1.54) is 0 Å². The molecular formula is C29H28N8O2. The van der Waals surface area contributed by atoms with Gasteiger partial charge in [0, 0.05) is 42.2 Å². The van der Waals surface area contributed by atoms with Gasteiger partial charge in [-0.2, -0.15) is 5.10 Å². The number of benzene rings is 2. The molecule has 0 saturated heterocycles. The van der Waals surface area contributed by atoms with E-state index < -0.39 is 0 Å². The molecule has 0 atom stereocenters. The molecule has 0 spiro atoms. The van der Waals surface area contributed by atoms with Crippen LogP contribution in [0.4, 0.5) is 5.82 Å². The third-order valence-corrected chi connectivity index (χ3v) is 6.65. The van der Waals surface area contributed by atoms with Crippen molar-refractivity contribution in [3.05, 3.63) is 90.0 Å². The van der Waals surface area contributed by atoms with E-state index in [2.05, 4.69) is 20.7 Å². The molecule has 0 bridgehead atoms. The van der Waals surface area contributed by atoms with Crippen LogP contribution >= 0.6 is 0 Å². The van der Waals surface area contributed by atoms with Gasteiger partial charge in [-0.25, -0.2) is 9.97 Å². The molecule has 1 fully saturated rings. The third kappa shape index (κ3) is 5.35. The standard InChI is InChI=1S/C29H28N8O2/c1-36-12-11-23(35-36)15-31-27-28-32-16-25(19-5-7-20(8-6-19)29(39)33-22-9-10-22)37(28)17-24(34-27)21-4-2-3-18(13-21)14-26(30)38/h2-8,11-13,16-17,22H,9-10,14-15H2,1H3,(H2,30,38)(H,31,34)(H,33,39). The number of rotatable bonds is 9. The first-order valence-electron chi connectivity index (χ1n) is 12.8. The van der Waals surface area contributed by atoms with E-state index in [1.807, 2.05) is 78.4 Å². The summed E-state index contributed by atoms with van der Waals surface area (Å²) in [5, 5.41) is 10.9. The maximum absolute atomic E-state index is 12.5. The van der Waals surface area contributed by atoms with Crippen LogP contribution in [-0.2, 0) is 24.8 Å². The summed E-state index contributed by atoms with van der Waals surface area (Å²) < 4.78 is 3.74. The number of anilines is 1. The first kappa shape index (κ1) is 24.4. The molecule has 0 radical (unpaired) electrons. The van der Waals surface area contributed by atoms with E-state index in [0.29, 0.717) is 35.3 Å². The van der Waals surface area contributed by atoms with Gasteiger partial charge < -0.3 is 16.4 Å². The fourth-order valence-electron chi connectivity index (χ4n) is 4.52. The van der Waals surface area contributed by atoms with Crippen molar-refractivity contribution in [2.24, 2.45) is 12.8 Å². The quantitative estimate of drug-likeness (QED) is 0.273. The molecule has 1 aliphatic carbocycles. The number of aromatic nitrogens is 5. The summed E-state index contributed by atoms with van der Waals surface area (Å²) >= 11 is 0. The number of nitrogens with two attached hydrogens (primary N) is 1. The van der Waals surface area contributed by atoms with Gasteiger partial charge in [-0.1, -0.05) is 30.3 Å². The lowest BCUT2D eigenvalue weighted by molar-refractivity contribution is -0.117. The molecule has 0 aliphatic heterocycles. The van der Waals surface area contributed by atoms with Crippen LogP contribution < -0.4 is 16.4 Å². The molecule has 6 rings (SSSR count). The molecule has 10 nitrogen and oxygen atoms in total. The van der Waals surface area contributed by atoms with E-state index in [-0.39, 0.29) is 18.2 Å². The lowest BCUT2D eigenvalue weighted by atomic mass is 10.1. The predicted molar refractivity (Wildman–Crippen MR) is 148 cm³/mol. The van der Waals surface area contributed by atoms with Crippen LogP contribution in [-0.4, -0.2) is 42.0 Å². The normalized spacial score (nSPS) is 12.9. The van der Waals surface area contributed by atoms with Crippen LogP contribution in [0, 0.1) is 0 Å². The van der Waals surface area contributed by atoms with Gasteiger partial charge in [0.1, 0.15) is 0 Å². The fourth-order valence-corrected chi connectivity index (χ4v) is 4.52. The van der Waals surface area contributed by atoms with E-state index >= 15 is 0 Å². The van der Waals surface area contributed by atoms with Crippen molar-refractivity contribution >= 4 is 23.3 Å². The zero-order valence-electron chi connectivity index (χ0n) is 21.5. The van der Waals surface area contributed by atoms with Gasteiger partial charge in [-0.15, -0.1) is 0 Å². The van der Waals surface area contributed by atoms with Crippen molar-refractivity contribution in [1.82, 2.24) is 29.5 Å². The summed E-state index contributed by atoms with van der Waals surface area (Å²) in [6.07, 6.45) is 7.87. The second-order valence-electron chi connectivity index (χ2n) is 9.81. The minimum Gasteiger partial charge on any atom is -0.369 e. The maximum atomic E-state index is 12.5. The van der Waals surface area contributed by atoms with Gasteiger partial charge in [-0.05, 0) is 42.7 Å². The number of aryl methyl sites for hydroxylation is 1. The average molecular weight is 521 g/mol. The third-order valence-electron chi connectivity index (χ3n) is 6.65. The summed E-state index contributed by atoms with van der Waals surface area (Å²) in [7, 11) is 1.88. The molecule has 2 aromatic carbocycles. The highest BCUT2D eigenvalue weighted by Gasteiger charge is 2.24. The highest BCUT2D eigenvalue weighted by Crippen LogP contribution is 2.29. The Kier molecular flexibility index (Phi) is 6.28. The average Bonchev–Trinajstić information content (AvgIpc) is 3.47. The highest BCUT2D eigenvalue weighted by atomic mass is 16.2.